The van der Waals surface area contributed by atoms with Crippen molar-refractivity contribution in [2.45, 2.75) is 45.2 Å². The third-order valence-electron chi connectivity index (χ3n) is 3.81. The number of fused-ring (bicyclic) bond motifs is 1. The van der Waals surface area contributed by atoms with Crippen LogP contribution in [0.3, 0.4) is 0 Å². The molecule has 0 fully saturated rings. The zero-order chi connectivity index (χ0) is 17.5. The molecule has 1 aliphatic heterocycles. The van der Waals surface area contributed by atoms with Crippen LogP contribution in [-0.4, -0.2) is 30.4 Å². The van der Waals surface area contributed by atoms with Gasteiger partial charge in [-0.25, -0.2) is 0 Å². The van der Waals surface area contributed by atoms with Gasteiger partial charge < -0.3 is 21.1 Å². The lowest BCUT2D eigenvalue weighted by Crippen LogP contribution is -2.46. The molecular weight excluding hydrogens is 310 g/mol. The van der Waals surface area contributed by atoms with Crippen LogP contribution in [0.2, 0.25) is 0 Å². The maximum Gasteiger partial charge on any atom is 0.242 e. The quantitative estimate of drug-likeness (QED) is 0.670. The minimum atomic E-state index is -0.768. The van der Waals surface area contributed by atoms with E-state index >= 15 is 0 Å². The minimum Gasteiger partial charge on any atom is -0.493 e. The zero-order valence-corrected chi connectivity index (χ0v) is 13.8. The highest BCUT2D eigenvalue weighted by atomic mass is 16.5. The number of nitrogens with one attached hydrogen (secondary N) is 2. The van der Waals surface area contributed by atoms with Gasteiger partial charge in [-0.15, -0.1) is 0 Å². The van der Waals surface area contributed by atoms with Crippen LogP contribution in [0.1, 0.15) is 37.3 Å². The van der Waals surface area contributed by atoms with Gasteiger partial charge in [0.1, 0.15) is 11.8 Å². The smallest absolute Gasteiger partial charge is 0.242 e. The Morgan fingerprint density at radius 3 is 2.83 bits per heavy atom. The van der Waals surface area contributed by atoms with Crippen LogP contribution >= 0.6 is 0 Å². The first-order valence-electron chi connectivity index (χ1n) is 8.03. The fourth-order valence-electron chi connectivity index (χ4n) is 2.64. The molecule has 1 aromatic carbocycles. The number of hydrogen-bond donors (Lipinski definition) is 3. The van der Waals surface area contributed by atoms with Crippen molar-refractivity contribution in [2.24, 2.45) is 5.73 Å². The first kappa shape index (κ1) is 17.8. The van der Waals surface area contributed by atoms with Gasteiger partial charge in [0.2, 0.25) is 17.7 Å². The van der Waals surface area contributed by atoms with E-state index in [4.69, 9.17) is 10.5 Å². The summed E-state index contributed by atoms with van der Waals surface area (Å²) >= 11 is 0. The Bertz CT molecular complexity index is 630. The highest BCUT2D eigenvalue weighted by Gasteiger charge is 2.20. The zero-order valence-electron chi connectivity index (χ0n) is 13.8. The molecule has 0 aromatic heterocycles. The lowest BCUT2D eigenvalue weighted by Gasteiger charge is -2.19. The van der Waals surface area contributed by atoms with E-state index in [0.29, 0.717) is 6.54 Å². The Morgan fingerprint density at radius 2 is 2.12 bits per heavy atom. The summed E-state index contributed by atoms with van der Waals surface area (Å²) in [5, 5.41) is 5.33. The maximum atomic E-state index is 12.3. The predicted molar refractivity (Wildman–Crippen MR) is 88.1 cm³/mol. The summed E-state index contributed by atoms with van der Waals surface area (Å²) in [6.07, 6.45) is 2.16. The number of benzene rings is 1. The van der Waals surface area contributed by atoms with Crippen molar-refractivity contribution in [1.82, 2.24) is 10.6 Å². The van der Waals surface area contributed by atoms with Gasteiger partial charge in [-0.2, -0.15) is 0 Å². The Balaban J connectivity index is 1.93. The topological polar surface area (TPSA) is 111 Å². The third-order valence-corrected chi connectivity index (χ3v) is 3.81. The number of primary amides is 1. The summed E-state index contributed by atoms with van der Waals surface area (Å²) in [5.41, 5.74) is 7.21. The fraction of sp³-hybridized carbons (Fsp3) is 0.471. The number of carbonyl (C=O) groups excluding carboxylic acids is 3. The molecule has 24 heavy (non-hydrogen) atoms. The Kier molecular flexibility index (Phi) is 6.17. The summed E-state index contributed by atoms with van der Waals surface area (Å²) < 4.78 is 5.56. The second-order valence-corrected chi connectivity index (χ2v) is 5.87. The SMILES string of the molecule is CC(=O)N[C@@H](CCC(N)=O)C(=O)NCc1ccc2c(c1)CCCO2. The monoisotopic (exact) mass is 333 g/mol. The fourth-order valence-corrected chi connectivity index (χ4v) is 2.64. The average molecular weight is 333 g/mol. The number of hydrogen-bond acceptors (Lipinski definition) is 4. The molecule has 0 unspecified atom stereocenters. The normalized spacial score (nSPS) is 14.0. The Hall–Kier alpha value is -2.57. The van der Waals surface area contributed by atoms with Gasteiger partial charge in [0.15, 0.2) is 0 Å². The predicted octanol–water partition coefficient (Wildman–Crippen LogP) is 0.398. The van der Waals surface area contributed by atoms with Crippen LogP contribution in [-0.2, 0) is 27.3 Å². The lowest BCUT2D eigenvalue weighted by molar-refractivity contribution is -0.128. The molecular formula is C17H23N3O4. The van der Waals surface area contributed by atoms with Crippen molar-refractivity contribution < 1.29 is 19.1 Å². The van der Waals surface area contributed by atoms with Gasteiger partial charge in [0.05, 0.1) is 6.61 Å². The molecule has 3 amide bonds. The summed E-state index contributed by atoms with van der Waals surface area (Å²) in [6.45, 7) is 2.41. The van der Waals surface area contributed by atoms with E-state index in [-0.39, 0.29) is 24.7 Å². The third kappa shape index (κ3) is 5.26. The van der Waals surface area contributed by atoms with Crippen molar-refractivity contribution in [3.8, 4) is 5.75 Å². The Morgan fingerprint density at radius 1 is 1.33 bits per heavy atom. The summed E-state index contributed by atoms with van der Waals surface area (Å²) in [4.78, 5) is 34.4. The molecule has 1 aromatic rings. The molecule has 0 saturated carbocycles. The molecule has 7 nitrogen and oxygen atoms in total. The van der Waals surface area contributed by atoms with Gasteiger partial charge in [-0.05, 0) is 36.5 Å². The average Bonchev–Trinajstić information content (AvgIpc) is 2.55. The van der Waals surface area contributed by atoms with E-state index in [1.807, 2.05) is 18.2 Å². The summed E-state index contributed by atoms with van der Waals surface area (Å²) in [5.74, 6) is -0.271. The molecule has 4 N–H and O–H groups in total. The van der Waals surface area contributed by atoms with E-state index in [1.54, 1.807) is 0 Å². The van der Waals surface area contributed by atoms with E-state index < -0.39 is 11.9 Å². The number of rotatable bonds is 7. The second kappa shape index (κ2) is 8.33. The number of aryl methyl sites for hydroxylation is 1. The first-order valence-corrected chi connectivity index (χ1v) is 8.03. The van der Waals surface area contributed by atoms with Crippen LogP contribution in [0.4, 0.5) is 0 Å². The van der Waals surface area contributed by atoms with Crippen LogP contribution in [0.5, 0.6) is 5.75 Å². The van der Waals surface area contributed by atoms with E-state index in [9.17, 15) is 14.4 Å². The summed E-state index contributed by atoms with van der Waals surface area (Å²) in [7, 11) is 0. The van der Waals surface area contributed by atoms with Crippen LogP contribution < -0.4 is 21.1 Å². The molecule has 7 heteroatoms. The van der Waals surface area contributed by atoms with Gasteiger partial charge >= 0.3 is 0 Å². The molecule has 0 radical (unpaired) electrons. The molecule has 0 aliphatic carbocycles. The number of amides is 3. The van der Waals surface area contributed by atoms with E-state index in [1.165, 1.54) is 6.92 Å². The van der Waals surface area contributed by atoms with Crippen molar-refractivity contribution in [3.63, 3.8) is 0 Å². The lowest BCUT2D eigenvalue weighted by atomic mass is 10.0. The molecule has 130 valence electrons. The minimum absolute atomic E-state index is 0.0363. The highest BCUT2D eigenvalue weighted by molar-refractivity contribution is 5.87. The van der Waals surface area contributed by atoms with Gasteiger partial charge in [-0.3, -0.25) is 14.4 Å². The first-order chi connectivity index (χ1) is 11.5. The molecule has 0 saturated heterocycles. The van der Waals surface area contributed by atoms with E-state index in [0.717, 1.165) is 36.3 Å². The summed E-state index contributed by atoms with van der Waals surface area (Å²) in [6, 6.07) is 5.07. The van der Waals surface area contributed by atoms with Crippen LogP contribution in [0.15, 0.2) is 18.2 Å². The van der Waals surface area contributed by atoms with Gasteiger partial charge in [-0.1, -0.05) is 12.1 Å². The standard InChI is InChI=1S/C17H23N3O4/c1-11(21)20-14(5-7-16(18)22)17(23)19-10-12-4-6-15-13(9-12)3-2-8-24-15/h4,6,9,14H,2-3,5,7-8,10H2,1H3,(H2,18,22)(H,19,23)(H,20,21)/t14-/m0/s1. The molecule has 2 rings (SSSR count). The number of carbonyl (C=O) groups is 3. The van der Waals surface area contributed by atoms with E-state index in [2.05, 4.69) is 10.6 Å². The van der Waals surface area contributed by atoms with Crippen LogP contribution in [0.25, 0.3) is 0 Å². The number of ether oxygens (including phenoxy) is 1. The molecule has 0 spiro atoms. The van der Waals surface area contributed by atoms with Gasteiger partial charge in [0.25, 0.3) is 0 Å². The van der Waals surface area contributed by atoms with Crippen molar-refractivity contribution in [2.75, 3.05) is 6.61 Å². The maximum absolute atomic E-state index is 12.3. The highest BCUT2D eigenvalue weighted by Crippen LogP contribution is 2.25. The molecule has 1 atom stereocenters. The van der Waals surface area contributed by atoms with Gasteiger partial charge in [0, 0.05) is 19.9 Å². The molecule has 1 aliphatic rings. The molecule has 0 bridgehead atoms. The molecule has 1 heterocycles. The van der Waals surface area contributed by atoms with Crippen molar-refractivity contribution in [1.29, 1.82) is 0 Å². The van der Waals surface area contributed by atoms with Crippen molar-refractivity contribution >= 4 is 17.7 Å². The second-order valence-electron chi connectivity index (χ2n) is 5.87. The number of nitrogens with two attached hydrogens (primary N) is 1. The van der Waals surface area contributed by atoms with Crippen molar-refractivity contribution in [3.05, 3.63) is 29.3 Å². The Labute approximate surface area is 140 Å². The largest absolute Gasteiger partial charge is 0.493 e. The van der Waals surface area contributed by atoms with Crippen LogP contribution in [0, 0.1) is 0 Å².